The molecule has 0 fully saturated rings. The van der Waals surface area contributed by atoms with E-state index in [1.165, 1.54) is 6.33 Å². The van der Waals surface area contributed by atoms with E-state index in [1.54, 1.807) is 13.8 Å². The van der Waals surface area contributed by atoms with Crippen molar-refractivity contribution in [2.24, 2.45) is 0 Å². The van der Waals surface area contributed by atoms with E-state index in [9.17, 15) is 8.42 Å². The molecule has 0 atom stereocenters. The average molecular weight is 233 g/mol. The van der Waals surface area contributed by atoms with Crippen LogP contribution in [0.4, 0.5) is 0 Å². The van der Waals surface area contributed by atoms with Gasteiger partial charge in [-0.2, -0.15) is 18.2 Å². The zero-order chi connectivity index (χ0) is 11.3. The minimum atomic E-state index is -3.40. The van der Waals surface area contributed by atoms with Crippen LogP contribution in [0.15, 0.2) is 6.33 Å². The van der Waals surface area contributed by atoms with Crippen molar-refractivity contribution in [3.05, 3.63) is 12.2 Å². The fraction of sp³-hybridized carbons (Fsp3) is 0.714. The van der Waals surface area contributed by atoms with Gasteiger partial charge in [0.2, 0.25) is 0 Å². The summed E-state index contributed by atoms with van der Waals surface area (Å²) in [6.07, 6.45) is 1.87. The maximum atomic E-state index is 11.3. The van der Waals surface area contributed by atoms with Crippen molar-refractivity contribution in [1.29, 1.82) is 0 Å². The van der Waals surface area contributed by atoms with Crippen LogP contribution >= 0.6 is 0 Å². The Morgan fingerprint density at radius 1 is 1.53 bits per heavy atom. The van der Waals surface area contributed by atoms with Gasteiger partial charge in [0, 0.05) is 19.0 Å². The summed E-state index contributed by atoms with van der Waals surface area (Å²) in [4.78, 5) is 3.87. The Hall–Kier alpha value is -0.990. The van der Waals surface area contributed by atoms with Gasteiger partial charge in [-0.1, -0.05) is 0 Å². The molecule has 1 aromatic heterocycles. The molecule has 0 aliphatic carbocycles. The molecule has 0 aromatic carbocycles. The van der Waals surface area contributed by atoms with Gasteiger partial charge < -0.3 is 0 Å². The normalized spacial score (nSPS) is 12.2. The highest BCUT2D eigenvalue weighted by molar-refractivity contribution is 7.87. The largest absolute Gasteiger partial charge is 0.277 e. The Morgan fingerprint density at radius 3 is 2.80 bits per heavy atom. The molecule has 0 bridgehead atoms. The molecule has 8 heteroatoms. The third kappa shape index (κ3) is 4.86. The number of nitrogens with zero attached hydrogens (tertiary/aromatic N) is 2. The summed E-state index contributed by atoms with van der Waals surface area (Å²) < 4.78 is 27.4. The summed E-state index contributed by atoms with van der Waals surface area (Å²) in [5, 5.41) is 6.30. The number of rotatable bonds is 6. The van der Waals surface area contributed by atoms with Crippen LogP contribution in [-0.4, -0.2) is 36.2 Å². The quantitative estimate of drug-likeness (QED) is 0.597. The van der Waals surface area contributed by atoms with Gasteiger partial charge >= 0.3 is 0 Å². The number of H-pyrrole nitrogens is 1. The average Bonchev–Trinajstić information content (AvgIpc) is 2.53. The summed E-state index contributed by atoms with van der Waals surface area (Å²) in [6, 6.07) is -0.118. The lowest BCUT2D eigenvalue weighted by Crippen LogP contribution is -2.41. The second-order valence-electron chi connectivity index (χ2n) is 3.35. The highest BCUT2D eigenvalue weighted by Gasteiger charge is 2.10. The molecule has 0 aliphatic rings. The van der Waals surface area contributed by atoms with E-state index in [0.29, 0.717) is 12.2 Å². The van der Waals surface area contributed by atoms with Gasteiger partial charge in [0.25, 0.3) is 10.2 Å². The summed E-state index contributed by atoms with van der Waals surface area (Å²) in [5.41, 5.74) is 0. The SMILES string of the molecule is CC(C)NS(=O)(=O)NCCc1ncn[nH]1. The Kier molecular flexibility index (Phi) is 4.18. The number of aromatic amines is 1. The van der Waals surface area contributed by atoms with Crippen molar-refractivity contribution in [1.82, 2.24) is 24.6 Å². The number of hydrogen-bond acceptors (Lipinski definition) is 4. The van der Waals surface area contributed by atoms with Crippen molar-refractivity contribution < 1.29 is 8.42 Å². The van der Waals surface area contributed by atoms with Crippen LogP contribution in [0.3, 0.4) is 0 Å². The van der Waals surface area contributed by atoms with Crippen molar-refractivity contribution in [3.63, 3.8) is 0 Å². The first-order valence-corrected chi connectivity index (χ1v) is 6.09. The van der Waals surface area contributed by atoms with E-state index in [4.69, 9.17) is 0 Å². The van der Waals surface area contributed by atoms with Crippen LogP contribution in [0.5, 0.6) is 0 Å². The van der Waals surface area contributed by atoms with Crippen LogP contribution in [0.2, 0.25) is 0 Å². The first kappa shape index (κ1) is 12.1. The van der Waals surface area contributed by atoms with Crippen molar-refractivity contribution in [2.45, 2.75) is 26.3 Å². The lowest BCUT2D eigenvalue weighted by atomic mass is 10.4. The molecule has 7 nitrogen and oxygen atoms in total. The molecule has 0 amide bonds. The summed E-state index contributed by atoms with van der Waals surface area (Å²) in [7, 11) is -3.40. The molecule has 15 heavy (non-hydrogen) atoms. The minimum Gasteiger partial charge on any atom is -0.263 e. The first-order chi connectivity index (χ1) is 6.99. The predicted molar refractivity (Wildman–Crippen MR) is 55.3 cm³/mol. The summed E-state index contributed by atoms with van der Waals surface area (Å²) in [6.45, 7) is 3.81. The van der Waals surface area contributed by atoms with Gasteiger partial charge in [-0.25, -0.2) is 9.71 Å². The number of nitrogens with one attached hydrogen (secondary N) is 3. The smallest absolute Gasteiger partial charge is 0.263 e. The predicted octanol–water partition coefficient (Wildman–Crippen LogP) is -0.820. The molecule has 1 heterocycles. The van der Waals surface area contributed by atoms with Gasteiger partial charge in [-0.05, 0) is 13.8 Å². The first-order valence-electron chi connectivity index (χ1n) is 4.61. The maximum Gasteiger partial charge on any atom is 0.277 e. The Morgan fingerprint density at radius 2 is 2.27 bits per heavy atom. The van der Waals surface area contributed by atoms with E-state index in [1.807, 2.05) is 0 Å². The molecule has 1 aromatic rings. The Balaban J connectivity index is 2.31. The lowest BCUT2D eigenvalue weighted by molar-refractivity contribution is 0.554. The van der Waals surface area contributed by atoms with Crippen LogP contribution in [0.25, 0.3) is 0 Å². The molecule has 0 saturated heterocycles. The van der Waals surface area contributed by atoms with E-state index >= 15 is 0 Å². The van der Waals surface area contributed by atoms with Gasteiger partial charge in [0.15, 0.2) is 0 Å². The summed E-state index contributed by atoms with van der Waals surface area (Å²) in [5.74, 6) is 0.655. The molecule has 0 radical (unpaired) electrons. The number of aromatic nitrogens is 3. The minimum absolute atomic E-state index is 0.118. The van der Waals surface area contributed by atoms with Gasteiger partial charge in [-0.3, -0.25) is 5.10 Å². The Bertz CT molecular complexity index is 372. The third-order valence-electron chi connectivity index (χ3n) is 1.51. The van der Waals surface area contributed by atoms with Crippen LogP contribution in [0, 0.1) is 0 Å². The van der Waals surface area contributed by atoms with Gasteiger partial charge in [0.05, 0.1) is 0 Å². The molecule has 0 aliphatic heterocycles. The zero-order valence-electron chi connectivity index (χ0n) is 8.69. The van der Waals surface area contributed by atoms with Crippen LogP contribution in [-0.2, 0) is 16.6 Å². The van der Waals surface area contributed by atoms with E-state index in [2.05, 4.69) is 24.6 Å². The molecule has 0 unspecified atom stereocenters. The monoisotopic (exact) mass is 233 g/mol. The molecule has 3 N–H and O–H groups in total. The second kappa shape index (κ2) is 5.19. The molecular weight excluding hydrogens is 218 g/mol. The third-order valence-corrected chi connectivity index (χ3v) is 2.88. The highest BCUT2D eigenvalue weighted by atomic mass is 32.2. The Labute approximate surface area is 88.9 Å². The number of hydrogen-bond donors (Lipinski definition) is 3. The van der Waals surface area contributed by atoms with Crippen molar-refractivity contribution in [3.8, 4) is 0 Å². The topological polar surface area (TPSA) is 99.8 Å². The lowest BCUT2D eigenvalue weighted by Gasteiger charge is -2.09. The van der Waals surface area contributed by atoms with Crippen molar-refractivity contribution in [2.75, 3.05) is 6.54 Å². The second-order valence-corrected chi connectivity index (χ2v) is 4.88. The van der Waals surface area contributed by atoms with Gasteiger partial charge in [-0.15, -0.1) is 0 Å². The fourth-order valence-corrected chi connectivity index (χ4v) is 2.08. The highest BCUT2D eigenvalue weighted by Crippen LogP contribution is 1.88. The molecule has 1 rings (SSSR count). The standard InChI is InChI=1S/C7H15N5O2S/c1-6(2)12-15(13,14)10-4-3-7-8-5-9-11-7/h5-6,10,12H,3-4H2,1-2H3,(H,8,9,11). The fourth-order valence-electron chi connectivity index (χ4n) is 1.01. The maximum absolute atomic E-state index is 11.3. The van der Waals surface area contributed by atoms with E-state index < -0.39 is 10.2 Å². The molecular formula is C7H15N5O2S. The van der Waals surface area contributed by atoms with Crippen molar-refractivity contribution >= 4 is 10.2 Å². The van der Waals surface area contributed by atoms with Gasteiger partial charge in [0.1, 0.15) is 12.2 Å². The molecule has 0 spiro atoms. The van der Waals surface area contributed by atoms with E-state index in [-0.39, 0.29) is 12.6 Å². The summed E-state index contributed by atoms with van der Waals surface area (Å²) >= 11 is 0. The van der Waals surface area contributed by atoms with E-state index in [0.717, 1.165) is 0 Å². The molecule has 0 saturated carbocycles. The zero-order valence-corrected chi connectivity index (χ0v) is 9.50. The molecule has 86 valence electrons. The van der Waals surface area contributed by atoms with Crippen LogP contribution in [0.1, 0.15) is 19.7 Å². The van der Waals surface area contributed by atoms with Crippen LogP contribution < -0.4 is 9.44 Å².